The molecule has 0 spiro atoms. The second-order valence-corrected chi connectivity index (χ2v) is 5.77. The average molecular weight is 317 g/mol. The molecule has 7 nitrogen and oxygen atoms in total. The number of nitrogens with two attached hydrogens (primary N) is 1. The summed E-state index contributed by atoms with van der Waals surface area (Å²) in [6, 6.07) is 7.45. The molecule has 1 fully saturated rings. The van der Waals surface area contributed by atoms with Gasteiger partial charge in [-0.25, -0.2) is 4.99 Å². The number of nitrogens with zero attached hydrogens (tertiary/aromatic N) is 2. The van der Waals surface area contributed by atoms with Crippen molar-refractivity contribution in [2.45, 2.75) is 26.4 Å². The summed E-state index contributed by atoms with van der Waals surface area (Å²) >= 11 is 0. The van der Waals surface area contributed by atoms with E-state index in [1.54, 1.807) is 17.0 Å². The van der Waals surface area contributed by atoms with Gasteiger partial charge in [-0.05, 0) is 31.5 Å². The Bertz CT molecular complexity index is 595. The van der Waals surface area contributed by atoms with Crippen molar-refractivity contribution in [2.24, 2.45) is 10.7 Å². The van der Waals surface area contributed by atoms with Gasteiger partial charge in [-0.2, -0.15) is 0 Å². The molecule has 1 heterocycles. The van der Waals surface area contributed by atoms with E-state index in [1.165, 1.54) is 0 Å². The van der Waals surface area contributed by atoms with E-state index in [9.17, 15) is 9.59 Å². The summed E-state index contributed by atoms with van der Waals surface area (Å²) in [5.74, 6) is 0.152. The number of guanidine groups is 1. The van der Waals surface area contributed by atoms with E-state index in [2.05, 4.69) is 15.6 Å². The Labute approximate surface area is 135 Å². The highest BCUT2D eigenvalue weighted by Gasteiger charge is 2.21. The fourth-order valence-corrected chi connectivity index (χ4v) is 2.27. The number of nitrogens with one attached hydrogen (secondary N) is 2. The van der Waals surface area contributed by atoms with E-state index in [4.69, 9.17) is 5.73 Å². The van der Waals surface area contributed by atoms with Gasteiger partial charge >= 0.3 is 0 Å². The lowest BCUT2D eigenvalue weighted by atomic mass is 10.1. The van der Waals surface area contributed by atoms with E-state index >= 15 is 0 Å². The van der Waals surface area contributed by atoms with Crippen molar-refractivity contribution in [1.82, 2.24) is 15.5 Å². The van der Waals surface area contributed by atoms with Crippen LogP contribution < -0.4 is 16.4 Å². The van der Waals surface area contributed by atoms with Crippen LogP contribution in [0.1, 0.15) is 29.8 Å². The molecule has 1 aromatic carbocycles. The van der Waals surface area contributed by atoms with Gasteiger partial charge < -0.3 is 21.3 Å². The van der Waals surface area contributed by atoms with Crippen molar-refractivity contribution in [3.8, 4) is 0 Å². The molecule has 2 rings (SSSR count). The summed E-state index contributed by atoms with van der Waals surface area (Å²) in [4.78, 5) is 29.5. The highest BCUT2D eigenvalue weighted by atomic mass is 16.2. The molecule has 0 saturated carbocycles. The molecule has 4 N–H and O–H groups in total. The standard InChI is InChI=1S/C16H23N5O2/c1-11(2)20-16(17)19-9-12-3-5-13(6-4-12)15(23)21-8-7-18-14(22)10-21/h3-6,11H,7-10H2,1-2H3,(H,18,22)(H3,17,19,20). The largest absolute Gasteiger partial charge is 0.370 e. The smallest absolute Gasteiger partial charge is 0.254 e. The number of rotatable bonds is 4. The Morgan fingerprint density at radius 2 is 2.09 bits per heavy atom. The molecular formula is C16H23N5O2. The lowest BCUT2D eigenvalue weighted by molar-refractivity contribution is -0.123. The third kappa shape index (κ3) is 4.98. The van der Waals surface area contributed by atoms with E-state index < -0.39 is 0 Å². The molecule has 0 aliphatic carbocycles. The zero-order valence-electron chi connectivity index (χ0n) is 13.5. The van der Waals surface area contributed by atoms with E-state index in [0.717, 1.165) is 5.56 Å². The normalized spacial score (nSPS) is 15.5. The van der Waals surface area contributed by atoms with Gasteiger partial charge in [0.15, 0.2) is 5.96 Å². The quantitative estimate of drug-likeness (QED) is 0.540. The first-order chi connectivity index (χ1) is 11.0. The molecule has 0 unspecified atom stereocenters. The van der Waals surface area contributed by atoms with E-state index in [-0.39, 0.29) is 24.4 Å². The molecule has 23 heavy (non-hydrogen) atoms. The summed E-state index contributed by atoms with van der Waals surface area (Å²) < 4.78 is 0. The summed E-state index contributed by atoms with van der Waals surface area (Å²) in [5, 5.41) is 5.72. The van der Waals surface area contributed by atoms with Gasteiger partial charge in [-0.3, -0.25) is 9.59 Å². The van der Waals surface area contributed by atoms with Crippen LogP contribution in [0, 0.1) is 0 Å². The van der Waals surface area contributed by atoms with Crippen molar-refractivity contribution in [1.29, 1.82) is 0 Å². The number of aliphatic imine (C=N–C) groups is 1. The van der Waals surface area contributed by atoms with E-state index in [0.29, 0.717) is 31.2 Å². The van der Waals surface area contributed by atoms with Gasteiger partial charge in [-0.1, -0.05) is 12.1 Å². The topological polar surface area (TPSA) is 99.8 Å². The maximum Gasteiger partial charge on any atom is 0.254 e. The van der Waals surface area contributed by atoms with Crippen LogP contribution in [-0.4, -0.2) is 48.3 Å². The van der Waals surface area contributed by atoms with Crippen molar-refractivity contribution < 1.29 is 9.59 Å². The predicted octanol–water partition coefficient (Wildman–Crippen LogP) is 0.0713. The third-order valence-electron chi connectivity index (χ3n) is 3.39. The van der Waals surface area contributed by atoms with E-state index in [1.807, 2.05) is 26.0 Å². The Morgan fingerprint density at radius 3 is 2.70 bits per heavy atom. The van der Waals surface area contributed by atoms with Crippen molar-refractivity contribution >= 4 is 17.8 Å². The van der Waals surface area contributed by atoms with Crippen LogP contribution in [0.4, 0.5) is 0 Å². The van der Waals surface area contributed by atoms with Crippen molar-refractivity contribution in [2.75, 3.05) is 19.6 Å². The molecule has 1 saturated heterocycles. The number of hydrogen-bond acceptors (Lipinski definition) is 3. The minimum atomic E-state index is -0.129. The van der Waals surface area contributed by atoms with Crippen LogP contribution in [0.15, 0.2) is 29.3 Å². The van der Waals surface area contributed by atoms with Gasteiger partial charge in [-0.15, -0.1) is 0 Å². The van der Waals surface area contributed by atoms with Gasteiger partial charge in [0.25, 0.3) is 5.91 Å². The predicted molar refractivity (Wildman–Crippen MR) is 89.0 cm³/mol. The minimum Gasteiger partial charge on any atom is -0.370 e. The lowest BCUT2D eigenvalue weighted by Crippen LogP contribution is -2.49. The fraction of sp³-hybridized carbons (Fsp3) is 0.438. The number of hydrogen-bond donors (Lipinski definition) is 3. The first-order valence-electron chi connectivity index (χ1n) is 7.67. The Hall–Kier alpha value is -2.57. The first kappa shape index (κ1) is 16.8. The molecule has 1 aliphatic heterocycles. The van der Waals surface area contributed by atoms with Crippen molar-refractivity contribution in [3.63, 3.8) is 0 Å². The molecule has 0 bridgehead atoms. The number of piperazine rings is 1. The second-order valence-electron chi connectivity index (χ2n) is 5.77. The zero-order valence-corrected chi connectivity index (χ0v) is 13.5. The fourth-order valence-electron chi connectivity index (χ4n) is 2.27. The van der Waals surface area contributed by atoms with Crippen LogP contribution in [0.2, 0.25) is 0 Å². The monoisotopic (exact) mass is 317 g/mol. The van der Waals surface area contributed by atoms with Crippen LogP contribution in [0.5, 0.6) is 0 Å². The minimum absolute atomic E-state index is 0.113. The van der Waals surface area contributed by atoms with Gasteiger partial charge in [0.05, 0.1) is 13.1 Å². The molecular weight excluding hydrogens is 294 g/mol. The van der Waals surface area contributed by atoms with Gasteiger partial charge in [0, 0.05) is 24.7 Å². The summed E-state index contributed by atoms with van der Waals surface area (Å²) in [6.45, 7) is 5.58. The maximum atomic E-state index is 12.3. The third-order valence-corrected chi connectivity index (χ3v) is 3.39. The van der Waals surface area contributed by atoms with Crippen LogP contribution in [0.3, 0.4) is 0 Å². The molecule has 124 valence electrons. The number of carbonyl (C=O) groups is 2. The Morgan fingerprint density at radius 1 is 1.39 bits per heavy atom. The molecule has 1 aromatic rings. The first-order valence-corrected chi connectivity index (χ1v) is 7.67. The Kier molecular flexibility index (Phi) is 5.56. The molecule has 7 heteroatoms. The molecule has 0 aromatic heterocycles. The number of carbonyl (C=O) groups excluding carboxylic acids is 2. The number of benzene rings is 1. The highest BCUT2D eigenvalue weighted by molar-refractivity contribution is 5.97. The molecule has 0 atom stereocenters. The summed E-state index contributed by atoms with van der Waals surface area (Å²) in [5.41, 5.74) is 7.29. The molecule has 0 radical (unpaired) electrons. The van der Waals surface area contributed by atoms with Gasteiger partial charge in [0.2, 0.25) is 5.91 Å². The maximum absolute atomic E-state index is 12.3. The zero-order chi connectivity index (χ0) is 16.8. The van der Waals surface area contributed by atoms with Gasteiger partial charge in [0.1, 0.15) is 0 Å². The average Bonchev–Trinajstić information content (AvgIpc) is 2.52. The van der Waals surface area contributed by atoms with Crippen molar-refractivity contribution in [3.05, 3.63) is 35.4 Å². The van der Waals surface area contributed by atoms with Crippen LogP contribution >= 0.6 is 0 Å². The highest BCUT2D eigenvalue weighted by Crippen LogP contribution is 2.09. The Balaban J connectivity index is 1.96. The SMILES string of the molecule is CC(C)NC(N)=NCc1ccc(C(=O)N2CCNC(=O)C2)cc1. The summed E-state index contributed by atoms with van der Waals surface area (Å²) in [6.07, 6.45) is 0. The lowest BCUT2D eigenvalue weighted by Gasteiger charge is -2.26. The van der Waals surface area contributed by atoms with Crippen LogP contribution in [0.25, 0.3) is 0 Å². The molecule has 2 amide bonds. The number of amides is 2. The summed E-state index contributed by atoms with van der Waals surface area (Å²) in [7, 11) is 0. The molecule has 1 aliphatic rings. The second kappa shape index (κ2) is 7.62. The van der Waals surface area contributed by atoms with Crippen LogP contribution in [-0.2, 0) is 11.3 Å².